The fourth-order valence-corrected chi connectivity index (χ4v) is 4.96. The second kappa shape index (κ2) is 9.13. The smallest absolute Gasteiger partial charge is 0.247 e. The minimum absolute atomic E-state index is 0.0157. The molecule has 0 bridgehead atoms. The highest BCUT2D eigenvalue weighted by Gasteiger charge is 2.40. The molecule has 1 atom stereocenters. The van der Waals surface area contributed by atoms with E-state index in [0.29, 0.717) is 10.7 Å². The minimum atomic E-state index is -0.508. The van der Waals surface area contributed by atoms with E-state index in [2.05, 4.69) is 0 Å². The van der Waals surface area contributed by atoms with Gasteiger partial charge in [0.05, 0.1) is 16.6 Å². The fraction of sp³-hybridized carbons (Fsp3) is 0.222. The molecule has 1 saturated heterocycles. The van der Waals surface area contributed by atoms with Gasteiger partial charge in [-0.3, -0.25) is 14.5 Å². The Bertz CT molecular complexity index is 1230. The molecule has 4 nitrogen and oxygen atoms in total. The van der Waals surface area contributed by atoms with Crippen molar-refractivity contribution in [3.8, 4) is 0 Å². The summed E-state index contributed by atoms with van der Waals surface area (Å²) >= 11 is 1.37. The number of nitrogens with zero attached hydrogens (tertiary/aromatic N) is 2. The van der Waals surface area contributed by atoms with E-state index >= 15 is 0 Å². The molecule has 0 aromatic heterocycles. The van der Waals surface area contributed by atoms with Gasteiger partial charge < -0.3 is 0 Å². The normalized spacial score (nSPS) is 17.2. The molecule has 5 heteroatoms. The van der Waals surface area contributed by atoms with Crippen molar-refractivity contribution in [1.82, 2.24) is 0 Å². The molecule has 3 aromatic carbocycles. The molecule has 1 aliphatic heterocycles. The van der Waals surface area contributed by atoms with Crippen LogP contribution >= 0.6 is 11.8 Å². The third-order valence-electron chi connectivity index (χ3n) is 5.49. The number of rotatable bonds is 5. The summed E-state index contributed by atoms with van der Waals surface area (Å²) in [6, 6.07) is 21.5. The first kappa shape index (κ1) is 22.0. The van der Waals surface area contributed by atoms with Gasteiger partial charge in [0.1, 0.15) is 0 Å². The van der Waals surface area contributed by atoms with E-state index in [4.69, 9.17) is 4.99 Å². The van der Waals surface area contributed by atoms with Crippen molar-refractivity contribution >= 4 is 40.0 Å². The van der Waals surface area contributed by atoms with Crippen LogP contribution in [0.2, 0.25) is 0 Å². The number of carbonyl (C=O) groups is 2. The Morgan fingerprint density at radius 1 is 0.906 bits per heavy atom. The number of anilines is 1. The van der Waals surface area contributed by atoms with E-state index < -0.39 is 5.25 Å². The van der Waals surface area contributed by atoms with Gasteiger partial charge in [-0.1, -0.05) is 53.7 Å². The molecule has 0 saturated carbocycles. The largest absolute Gasteiger partial charge is 0.294 e. The van der Waals surface area contributed by atoms with E-state index in [1.54, 1.807) is 4.90 Å². The average molecular weight is 443 g/mol. The van der Waals surface area contributed by atoms with Gasteiger partial charge in [0.15, 0.2) is 11.0 Å². The number of hydrogen-bond donors (Lipinski definition) is 0. The second-order valence-electron chi connectivity index (χ2n) is 8.30. The molecule has 0 radical (unpaired) electrons. The molecule has 3 aromatic rings. The van der Waals surface area contributed by atoms with Crippen LogP contribution in [0, 0.1) is 27.7 Å². The third kappa shape index (κ3) is 4.68. The summed E-state index contributed by atoms with van der Waals surface area (Å²) in [5, 5.41) is 0.0939. The Morgan fingerprint density at radius 3 is 2.31 bits per heavy atom. The number of benzene rings is 3. The summed E-state index contributed by atoms with van der Waals surface area (Å²) < 4.78 is 0. The predicted octanol–water partition coefficient (Wildman–Crippen LogP) is 6.33. The van der Waals surface area contributed by atoms with Gasteiger partial charge in [-0.2, -0.15) is 0 Å². The Hall–Kier alpha value is -3.18. The fourth-order valence-electron chi connectivity index (χ4n) is 3.80. The Labute approximate surface area is 193 Å². The van der Waals surface area contributed by atoms with Crippen LogP contribution < -0.4 is 4.90 Å². The van der Waals surface area contributed by atoms with Gasteiger partial charge in [0, 0.05) is 12.0 Å². The number of aliphatic imine (C=N–C) groups is 1. The topological polar surface area (TPSA) is 49.7 Å². The molecule has 32 heavy (non-hydrogen) atoms. The van der Waals surface area contributed by atoms with Crippen LogP contribution in [-0.2, 0) is 4.79 Å². The second-order valence-corrected chi connectivity index (χ2v) is 9.47. The highest BCUT2D eigenvalue weighted by molar-refractivity contribution is 8.16. The van der Waals surface area contributed by atoms with Gasteiger partial charge in [-0.25, -0.2) is 4.99 Å². The molecule has 0 N–H and O–H groups in total. The van der Waals surface area contributed by atoms with Gasteiger partial charge >= 0.3 is 0 Å². The van der Waals surface area contributed by atoms with Crippen molar-refractivity contribution in [2.24, 2.45) is 4.99 Å². The van der Waals surface area contributed by atoms with Crippen LogP contribution in [0.15, 0.2) is 71.7 Å². The molecule has 1 unspecified atom stereocenters. The molecular weight excluding hydrogens is 416 g/mol. The lowest BCUT2D eigenvalue weighted by Gasteiger charge is -2.17. The Kier molecular flexibility index (Phi) is 6.28. The number of amidine groups is 1. The number of hydrogen-bond acceptors (Lipinski definition) is 4. The van der Waals surface area contributed by atoms with Crippen molar-refractivity contribution < 1.29 is 9.59 Å². The van der Waals surface area contributed by atoms with Gasteiger partial charge in [0.25, 0.3) is 0 Å². The number of Topliss-reactive ketones (excluding diaryl/α,β-unsaturated/α-hetero) is 1. The lowest BCUT2D eigenvalue weighted by molar-refractivity contribution is -0.116. The molecule has 4 rings (SSSR count). The average Bonchev–Trinajstić information content (AvgIpc) is 3.04. The summed E-state index contributed by atoms with van der Waals surface area (Å²) in [6.45, 7) is 7.91. The minimum Gasteiger partial charge on any atom is -0.294 e. The van der Waals surface area contributed by atoms with E-state index in [1.165, 1.54) is 11.8 Å². The van der Waals surface area contributed by atoms with E-state index in [0.717, 1.165) is 33.6 Å². The highest BCUT2D eigenvalue weighted by Crippen LogP contribution is 2.36. The van der Waals surface area contributed by atoms with Gasteiger partial charge in [-0.15, -0.1) is 0 Å². The molecule has 162 valence electrons. The first-order chi connectivity index (χ1) is 15.3. The predicted molar refractivity (Wildman–Crippen MR) is 133 cm³/mol. The maximum atomic E-state index is 13.5. The number of thioether (sulfide) groups is 1. The van der Waals surface area contributed by atoms with Crippen LogP contribution in [0.25, 0.3) is 0 Å². The summed E-state index contributed by atoms with van der Waals surface area (Å²) in [4.78, 5) is 33.0. The van der Waals surface area contributed by atoms with E-state index in [-0.39, 0.29) is 18.1 Å². The lowest BCUT2D eigenvalue weighted by Crippen LogP contribution is -2.32. The van der Waals surface area contributed by atoms with Gasteiger partial charge in [0.2, 0.25) is 5.91 Å². The third-order valence-corrected chi connectivity index (χ3v) is 6.62. The summed E-state index contributed by atoms with van der Waals surface area (Å²) in [5.41, 5.74) is 6.38. The summed E-state index contributed by atoms with van der Waals surface area (Å²) in [6.07, 6.45) is 0.142. The van der Waals surface area contributed by atoms with Crippen molar-refractivity contribution in [3.63, 3.8) is 0 Å². The number of aryl methyl sites for hydroxylation is 4. The van der Waals surface area contributed by atoms with Crippen molar-refractivity contribution in [2.75, 3.05) is 4.90 Å². The van der Waals surface area contributed by atoms with Crippen LogP contribution in [0.1, 0.15) is 39.0 Å². The molecule has 0 aliphatic carbocycles. The van der Waals surface area contributed by atoms with Crippen LogP contribution in [0.3, 0.4) is 0 Å². The van der Waals surface area contributed by atoms with Crippen molar-refractivity contribution in [3.05, 3.63) is 94.5 Å². The SMILES string of the molecule is Cc1cccc(N=C2SC(CC(=O)c3cc(C)ccc3C)C(=O)N2c2cccc(C)c2)c1. The van der Waals surface area contributed by atoms with E-state index in [1.807, 2.05) is 94.4 Å². The molecule has 1 aliphatic rings. The molecule has 1 amide bonds. The maximum absolute atomic E-state index is 13.5. The zero-order valence-corrected chi connectivity index (χ0v) is 19.6. The first-order valence-electron chi connectivity index (χ1n) is 10.6. The zero-order chi connectivity index (χ0) is 22.8. The van der Waals surface area contributed by atoms with Crippen LogP contribution in [0.4, 0.5) is 11.4 Å². The quantitative estimate of drug-likeness (QED) is 0.434. The van der Waals surface area contributed by atoms with Crippen molar-refractivity contribution in [1.29, 1.82) is 0 Å². The summed E-state index contributed by atoms with van der Waals surface area (Å²) in [5.74, 6) is -0.122. The first-order valence-corrected chi connectivity index (χ1v) is 11.5. The van der Waals surface area contributed by atoms with Gasteiger partial charge in [-0.05, 0) is 74.7 Å². The van der Waals surface area contributed by atoms with Crippen LogP contribution in [-0.4, -0.2) is 22.1 Å². The number of amides is 1. The zero-order valence-electron chi connectivity index (χ0n) is 18.8. The Balaban J connectivity index is 1.69. The number of carbonyl (C=O) groups excluding carboxylic acids is 2. The standard InChI is InChI=1S/C27H26N2O2S/c1-17-7-5-9-21(13-17)28-27-29(22-10-6-8-18(2)14-22)26(31)25(32-27)16-24(30)23-15-19(3)11-12-20(23)4/h5-15,25H,16H2,1-4H3. The summed E-state index contributed by atoms with van der Waals surface area (Å²) in [7, 11) is 0. The van der Waals surface area contributed by atoms with Crippen LogP contribution in [0.5, 0.6) is 0 Å². The molecule has 0 spiro atoms. The number of ketones is 1. The highest BCUT2D eigenvalue weighted by atomic mass is 32.2. The Morgan fingerprint density at radius 2 is 1.59 bits per heavy atom. The monoisotopic (exact) mass is 442 g/mol. The maximum Gasteiger partial charge on any atom is 0.247 e. The van der Waals surface area contributed by atoms with E-state index in [9.17, 15) is 9.59 Å². The lowest BCUT2D eigenvalue weighted by atomic mass is 9.99. The molecule has 1 heterocycles. The molecular formula is C27H26N2O2S. The van der Waals surface area contributed by atoms with Crippen molar-refractivity contribution in [2.45, 2.75) is 39.4 Å². The molecule has 1 fully saturated rings.